The van der Waals surface area contributed by atoms with Crippen molar-refractivity contribution in [2.75, 3.05) is 18.5 Å². The van der Waals surface area contributed by atoms with Crippen molar-refractivity contribution in [2.45, 2.75) is 27.3 Å². The van der Waals surface area contributed by atoms with E-state index in [2.05, 4.69) is 5.32 Å². The third-order valence-electron chi connectivity index (χ3n) is 6.11. The van der Waals surface area contributed by atoms with Crippen LogP contribution < -0.4 is 14.8 Å². The number of nitrogens with one attached hydrogen (secondary N) is 1. The normalized spacial score (nSPS) is 14.0. The molecule has 3 aromatic rings. The smallest absolute Gasteiger partial charge is 0.293 e. The lowest BCUT2D eigenvalue weighted by atomic mass is 10.1. The lowest BCUT2D eigenvalue weighted by Crippen LogP contribution is -2.27. The molecule has 3 amide bonds. The molecule has 0 aliphatic carbocycles. The SMILES string of the molecule is CCOc1cc(/C=C2\SC(=O)N(Cc3ccccc3[N+](=O)[O-])C2=O)ccc1OCC(=O)Nc1ccc(C)c(C)c1. The highest BCUT2D eigenvalue weighted by atomic mass is 32.2. The molecule has 206 valence electrons. The topological polar surface area (TPSA) is 128 Å². The lowest BCUT2D eigenvalue weighted by molar-refractivity contribution is -0.385. The Bertz CT molecular complexity index is 1520. The maximum absolute atomic E-state index is 13.0. The summed E-state index contributed by atoms with van der Waals surface area (Å²) in [4.78, 5) is 49.9. The van der Waals surface area contributed by atoms with Gasteiger partial charge in [0.05, 0.1) is 23.0 Å². The van der Waals surface area contributed by atoms with Crippen LogP contribution in [-0.4, -0.2) is 40.1 Å². The van der Waals surface area contributed by atoms with Crippen molar-refractivity contribution < 1.29 is 28.8 Å². The Morgan fingerprint density at radius 2 is 1.80 bits per heavy atom. The van der Waals surface area contributed by atoms with Crippen molar-refractivity contribution in [3.05, 3.63) is 97.9 Å². The zero-order valence-corrected chi connectivity index (χ0v) is 22.9. The van der Waals surface area contributed by atoms with Crippen LogP contribution in [0.5, 0.6) is 11.5 Å². The molecule has 0 bridgehead atoms. The van der Waals surface area contributed by atoms with E-state index in [1.165, 1.54) is 18.2 Å². The molecule has 40 heavy (non-hydrogen) atoms. The van der Waals surface area contributed by atoms with Crippen LogP contribution in [0.3, 0.4) is 0 Å². The molecule has 0 spiro atoms. The third-order valence-corrected chi connectivity index (χ3v) is 7.01. The zero-order valence-electron chi connectivity index (χ0n) is 22.1. The first-order chi connectivity index (χ1) is 19.2. The van der Waals surface area contributed by atoms with E-state index in [1.54, 1.807) is 37.3 Å². The number of amides is 3. The predicted molar refractivity (Wildman–Crippen MR) is 152 cm³/mol. The quantitative estimate of drug-likeness (QED) is 0.185. The van der Waals surface area contributed by atoms with Crippen LogP contribution in [-0.2, 0) is 16.1 Å². The van der Waals surface area contributed by atoms with Gasteiger partial charge in [0.1, 0.15) is 0 Å². The molecule has 0 saturated carbocycles. The fourth-order valence-corrected chi connectivity index (χ4v) is 4.78. The van der Waals surface area contributed by atoms with Gasteiger partial charge in [0.2, 0.25) is 0 Å². The first kappa shape index (κ1) is 28.4. The number of ether oxygens (including phenoxy) is 2. The average Bonchev–Trinajstić information content (AvgIpc) is 3.18. The van der Waals surface area contributed by atoms with Gasteiger partial charge >= 0.3 is 0 Å². The third kappa shape index (κ3) is 6.67. The number of hydrogen-bond donors (Lipinski definition) is 1. The van der Waals surface area contributed by atoms with E-state index >= 15 is 0 Å². The summed E-state index contributed by atoms with van der Waals surface area (Å²) in [5.41, 5.74) is 3.54. The molecule has 0 unspecified atom stereocenters. The first-order valence-electron chi connectivity index (χ1n) is 12.4. The van der Waals surface area contributed by atoms with Gasteiger partial charge in [-0.25, -0.2) is 0 Å². The molecule has 0 aromatic heterocycles. The molecule has 0 radical (unpaired) electrons. The monoisotopic (exact) mass is 561 g/mol. The number of anilines is 1. The van der Waals surface area contributed by atoms with E-state index in [1.807, 2.05) is 32.0 Å². The van der Waals surface area contributed by atoms with Gasteiger partial charge in [-0.15, -0.1) is 0 Å². The molecule has 1 saturated heterocycles. The van der Waals surface area contributed by atoms with Crippen LogP contribution in [0, 0.1) is 24.0 Å². The summed E-state index contributed by atoms with van der Waals surface area (Å²) in [7, 11) is 0. The maximum atomic E-state index is 13.0. The van der Waals surface area contributed by atoms with Crippen molar-refractivity contribution in [3.63, 3.8) is 0 Å². The van der Waals surface area contributed by atoms with Gasteiger partial charge in [-0.2, -0.15) is 0 Å². The minimum atomic E-state index is -0.547. The number of rotatable bonds is 10. The average molecular weight is 562 g/mol. The molecule has 1 aliphatic heterocycles. The molecule has 1 aliphatic rings. The number of carbonyl (C=O) groups excluding carboxylic acids is 3. The Balaban J connectivity index is 1.46. The van der Waals surface area contributed by atoms with Crippen LogP contribution in [0.1, 0.15) is 29.2 Å². The Hall–Kier alpha value is -4.64. The lowest BCUT2D eigenvalue weighted by Gasteiger charge is -2.13. The number of aryl methyl sites for hydroxylation is 2. The molecule has 1 heterocycles. The summed E-state index contributed by atoms with van der Waals surface area (Å²) >= 11 is 0.754. The summed E-state index contributed by atoms with van der Waals surface area (Å²) in [5.74, 6) is -0.162. The highest BCUT2D eigenvalue weighted by Crippen LogP contribution is 2.36. The fraction of sp³-hybridized carbons (Fsp3) is 0.207. The van der Waals surface area contributed by atoms with Gasteiger partial charge in [0.15, 0.2) is 18.1 Å². The summed E-state index contributed by atoms with van der Waals surface area (Å²) in [6.07, 6.45) is 1.54. The summed E-state index contributed by atoms with van der Waals surface area (Å²) in [6, 6.07) is 16.6. The minimum absolute atomic E-state index is 0.162. The van der Waals surface area contributed by atoms with Gasteiger partial charge in [-0.05, 0) is 79.6 Å². The molecule has 4 rings (SSSR count). The Kier molecular flexibility index (Phi) is 8.85. The molecule has 11 heteroatoms. The van der Waals surface area contributed by atoms with Crippen molar-refractivity contribution in [2.24, 2.45) is 0 Å². The second-order valence-electron chi connectivity index (χ2n) is 8.93. The van der Waals surface area contributed by atoms with Gasteiger partial charge in [-0.3, -0.25) is 29.4 Å². The van der Waals surface area contributed by atoms with E-state index < -0.39 is 16.1 Å². The number of nitro benzene ring substituents is 1. The fourth-order valence-electron chi connectivity index (χ4n) is 3.94. The molecular formula is C29H27N3O7S. The van der Waals surface area contributed by atoms with Crippen LogP contribution in [0.2, 0.25) is 0 Å². The van der Waals surface area contributed by atoms with E-state index in [4.69, 9.17) is 9.47 Å². The van der Waals surface area contributed by atoms with E-state index in [-0.39, 0.29) is 35.2 Å². The number of thioether (sulfide) groups is 1. The Labute approximate surface area is 235 Å². The van der Waals surface area contributed by atoms with E-state index in [0.29, 0.717) is 29.4 Å². The Morgan fingerprint density at radius 3 is 2.52 bits per heavy atom. The van der Waals surface area contributed by atoms with Crippen LogP contribution >= 0.6 is 11.8 Å². The van der Waals surface area contributed by atoms with Crippen molar-refractivity contribution in [1.82, 2.24) is 4.90 Å². The summed E-state index contributed by atoms with van der Waals surface area (Å²) in [5, 5.41) is 13.6. The molecular weight excluding hydrogens is 534 g/mol. The molecule has 0 atom stereocenters. The molecule has 10 nitrogen and oxygen atoms in total. The number of benzene rings is 3. The number of carbonyl (C=O) groups is 3. The number of nitro groups is 1. The minimum Gasteiger partial charge on any atom is -0.490 e. The van der Waals surface area contributed by atoms with Crippen molar-refractivity contribution in [3.8, 4) is 11.5 Å². The zero-order chi connectivity index (χ0) is 28.8. The van der Waals surface area contributed by atoms with E-state index in [0.717, 1.165) is 27.8 Å². The van der Waals surface area contributed by atoms with Gasteiger partial charge in [0.25, 0.3) is 22.7 Å². The largest absolute Gasteiger partial charge is 0.490 e. The maximum Gasteiger partial charge on any atom is 0.293 e. The number of imide groups is 1. The number of nitrogens with zero attached hydrogens (tertiary/aromatic N) is 2. The van der Waals surface area contributed by atoms with E-state index in [9.17, 15) is 24.5 Å². The Morgan fingerprint density at radius 1 is 1.02 bits per heavy atom. The summed E-state index contributed by atoms with van der Waals surface area (Å²) < 4.78 is 11.4. The van der Waals surface area contributed by atoms with Gasteiger partial charge < -0.3 is 14.8 Å². The second kappa shape index (κ2) is 12.5. The van der Waals surface area contributed by atoms with Gasteiger partial charge in [-0.1, -0.05) is 30.3 Å². The first-order valence-corrected chi connectivity index (χ1v) is 13.2. The highest BCUT2D eigenvalue weighted by Gasteiger charge is 2.36. The van der Waals surface area contributed by atoms with Crippen LogP contribution in [0.25, 0.3) is 6.08 Å². The van der Waals surface area contributed by atoms with Gasteiger partial charge in [0, 0.05) is 17.3 Å². The van der Waals surface area contributed by atoms with Crippen LogP contribution in [0.15, 0.2) is 65.6 Å². The standard InChI is InChI=1S/C29H27N3O7S/c1-4-38-25-14-20(10-12-24(25)39-17-27(33)30-22-11-9-18(2)19(3)13-22)15-26-28(34)31(29(35)40-26)16-21-7-5-6-8-23(21)32(36)37/h5-15H,4,16-17H2,1-3H3,(H,30,33)/b26-15-. The molecule has 1 N–H and O–H groups in total. The molecule has 3 aromatic carbocycles. The second-order valence-corrected chi connectivity index (χ2v) is 9.92. The van der Waals surface area contributed by atoms with Crippen LogP contribution in [0.4, 0.5) is 16.2 Å². The predicted octanol–water partition coefficient (Wildman–Crippen LogP) is 5.86. The highest BCUT2D eigenvalue weighted by molar-refractivity contribution is 8.18. The number of para-hydroxylation sites is 1. The van der Waals surface area contributed by atoms with Crippen molar-refractivity contribution in [1.29, 1.82) is 0 Å². The number of hydrogen-bond acceptors (Lipinski definition) is 8. The molecule has 1 fully saturated rings. The summed E-state index contributed by atoms with van der Waals surface area (Å²) in [6.45, 7) is 5.65. The van der Waals surface area contributed by atoms with Crippen molar-refractivity contribution >= 4 is 46.3 Å².